The maximum atomic E-state index is 5.57. The minimum Gasteiger partial charge on any atom is -0.463 e. The number of nitrogens with zero attached hydrogens (tertiary/aromatic N) is 1. The average molecular weight is 210 g/mol. The van der Waals surface area contributed by atoms with Crippen molar-refractivity contribution in [2.75, 3.05) is 7.05 Å². The molecule has 0 aliphatic carbocycles. The predicted molar refractivity (Wildman–Crippen MR) is 62.4 cm³/mol. The van der Waals surface area contributed by atoms with Gasteiger partial charge in [0.05, 0.1) is 13.1 Å². The molecular formula is C12H22N2O. The van der Waals surface area contributed by atoms with Crippen LogP contribution in [0.4, 0.5) is 0 Å². The van der Waals surface area contributed by atoms with Crippen LogP contribution in [0.1, 0.15) is 32.3 Å². The minimum absolute atomic E-state index is 0.476. The number of hydrogen-bond acceptors (Lipinski definition) is 3. The van der Waals surface area contributed by atoms with E-state index in [-0.39, 0.29) is 0 Å². The maximum Gasteiger partial charge on any atom is 0.118 e. The van der Waals surface area contributed by atoms with Gasteiger partial charge in [-0.15, -0.1) is 0 Å². The van der Waals surface area contributed by atoms with Crippen molar-refractivity contribution in [3.63, 3.8) is 0 Å². The van der Waals surface area contributed by atoms with Gasteiger partial charge in [0.1, 0.15) is 11.5 Å². The van der Waals surface area contributed by atoms with Crippen molar-refractivity contribution >= 4 is 0 Å². The molecule has 3 heteroatoms. The summed E-state index contributed by atoms with van der Waals surface area (Å²) in [6, 6.07) is 4.51. The third kappa shape index (κ3) is 3.36. The zero-order valence-corrected chi connectivity index (χ0v) is 10.2. The van der Waals surface area contributed by atoms with Crippen LogP contribution in [0, 0.1) is 5.92 Å². The molecule has 0 saturated carbocycles. The normalized spacial score (nSPS) is 13.8. The van der Waals surface area contributed by atoms with Crippen LogP contribution in [0.2, 0.25) is 0 Å². The first-order chi connectivity index (χ1) is 7.04. The molecule has 0 spiro atoms. The Morgan fingerprint density at radius 2 is 1.87 bits per heavy atom. The molecule has 0 fully saturated rings. The fourth-order valence-corrected chi connectivity index (χ4v) is 1.52. The van der Waals surface area contributed by atoms with Crippen LogP contribution in [-0.2, 0) is 13.1 Å². The molecule has 1 aromatic heterocycles. The Bertz CT molecular complexity index is 294. The van der Waals surface area contributed by atoms with Gasteiger partial charge < -0.3 is 10.2 Å². The summed E-state index contributed by atoms with van der Waals surface area (Å²) in [4.78, 5) is 2.30. The van der Waals surface area contributed by atoms with Gasteiger partial charge in [0, 0.05) is 6.04 Å². The molecule has 0 bridgehead atoms. The minimum atomic E-state index is 0.476. The van der Waals surface area contributed by atoms with E-state index in [0.29, 0.717) is 18.5 Å². The van der Waals surface area contributed by atoms with Gasteiger partial charge in [0.25, 0.3) is 0 Å². The summed E-state index contributed by atoms with van der Waals surface area (Å²) in [5.41, 5.74) is 5.49. The van der Waals surface area contributed by atoms with E-state index in [1.807, 2.05) is 12.1 Å². The van der Waals surface area contributed by atoms with Crippen molar-refractivity contribution in [2.24, 2.45) is 11.7 Å². The number of furan rings is 1. The maximum absolute atomic E-state index is 5.57. The van der Waals surface area contributed by atoms with Crippen molar-refractivity contribution in [1.82, 2.24) is 4.90 Å². The van der Waals surface area contributed by atoms with Crippen molar-refractivity contribution in [3.05, 3.63) is 23.7 Å². The second-order valence-corrected chi connectivity index (χ2v) is 4.47. The quantitative estimate of drug-likeness (QED) is 0.810. The van der Waals surface area contributed by atoms with Gasteiger partial charge >= 0.3 is 0 Å². The predicted octanol–water partition coefficient (Wildman–Crippen LogP) is 2.21. The van der Waals surface area contributed by atoms with Crippen molar-refractivity contribution in [3.8, 4) is 0 Å². The van der Waals surface area contributed by atoms with Crippen LogP contribution in [0.25, 0.3) is 0 Å². The third-order valence-electron chi connectivity index (χ3n) is 2.98. The lowest BCUT2D eigenvalue weighted by Crippen LogP contribution is -2.32. The van der Waals surface area contributed by atoms with E-state index >= 15 is 0 Å². The molecule has 0 amide bonds. The summed E-state index contributed by atoms with van der Waals surface area (Å²) in [5.74, 6) is 2.50. The Morgan fingerprint density at radius 1 is 1.27 bits per heavy atom. The molecule has 0 aliphatic rings. The molecule has 0 radical (unpaired) electrons. The lowest BCUT2D eigenvalue weighted by molar-refractivity contribution is 0.186. The lowest BCUT2D eigenvalue weighted by Gasteiger charge is -2.26. The second kappa shape index (κ2) is 5.33. The van der Waals surface area contributed by atoms with E-state index in [1.54, 1.807) is 0 Å². The number of rotatable bonds is 5. The molecule has 0 saturated heterocycles. The Morgan fingerprint density at radius 3 is 2.33 bits per heavy atom. The van der Waals surface area contributed by atoms with Crippen LogP contribution in [-0.4, -0.2) is 18.0 Å². The first kappa shape index (κ1) is 12.3. The van der Waals surface area contributed by atoms with Gasteiger partial charge in [-0.25, -0.2) is 0 Å². The average Bonchev–Trinajstić information content (AvgIpc) is 2.64. The van der Waals surface area contributed by atoms with E-state index in [1.165, 1.54) is 0 Å². The highest BCUT2D eigenvalue weighted by Crippen LogP contribution is 2.14. The molecule has 0 aliphatic heterocycles. The lowest BCUT2D eigenvalue weighted by atomic mass is 10.1. The molecule has 1 rings (SSSR count). The van der Waals surface area contributed by atoms with Crippen LogP contribution in [0.15, 0.2) is 16.5 Å². The van der Waals surface area contributed by atoms with Crippen LogP contribution < -0.4 is 5.73 Å². The molecule has 15 heavy (non-hydrogen) atoms. The molecule has 1 atom stereocenters. The molecule has 3 nitrogen and oxygen atoms in total. The molecule has 1 heterocycles. The summed E-state index contributed by atoms with van der Waals surface area (Å²) >= 11 is 0. The Kier molecular flexibility index (Phi) is 4.36. The highest BCUT2D eigenvalue weighted by Gasteiger charge is 2.14. The van der Waals surface area contributed by atoms with E-state index < -0.39 is 0 Å². The van der Waals surface area contributed by atoms with Gasteiger partial charge in [0.2, 0.25) is 0 Å². The highest BCUT2D eigenvalue weighted by atomic mass is 16.3. The van der Waals surface area contributed by atoms with Gasteiger partial charge in [-0.2, -0.15) is 0 Å². The van der Waals surface area contributed by atoms with Gasteiger partial charge in [0.15, 0.2) is 0 Å². The summed E-state index contributed by atoms with van der Waals surface area (Å²) in [5, 5.41) is 0. The molecule has 86 valence electrons. The standard InChI is InChI=1S/C12H22N2O/c1-9(2)10(3)14(4)8-12-6-5-11(7-13)15-12/h5-6,9-10H,7-8,13H2,1-4H3. The monoisotopic (exact) mass is 210 g/mol. The van der Waals surface area contributed by atoms with E-state index in [0.717, 1.165) is 18.1 Å². The Labute approximate surface area is 92.2 Å². The van der Waals surface area contributed by atoms with Crippen molar-refractivity contribution in [1.29, 1.82) is 0 Å². The molecule has 1 unspecified atom stereocenters. The van der Waals surface area contributed by atoms with Gasteiger partial charge in [-0.1, -0.05) is 13.8 Å². The first-order valence-corrected chi connectivity index (χ1v) is 5.52. The smallest absolute Gasteiger partial charge is 0.118 e. The van der Waals surface area contributed by atoms with Gasteiger partial charge in [-0.3, -0.25) is 4.90 Å². The summed E-state index contributed by atoms with van der Waals surface area (Å²) < 4.78 is 5.57. The topological polar surface area (TPSA) is 42.4 Å². The van der Waals surface area contributed by atoms with Crippen LogP contribution >= 0.6 is 0 Å². The van der Waals surface area contributed by atoms with Crippen LogP contribution in [0.5, 0.6) is 0 Å². The summed E-state index contributed by atoms with van der Waals surface area (Å²) in [6.45, 7) is 8.02. The van der Waals surface area contributed by atoms with Gasteiger partial charge in [-0.05, 0) is 32.0 Å². The van der Waals surface area contributed by atoms with Crippen molar-refractivity contribution < 1.29 is 4.42 Å². The summed E-state index contributed by atoms with van der Waals surface area (Å²) in [6.07, 6.45) is 0. The second-order valence-electron chi connectivity index (χ2n) is 4.47. The fourth-order valence-electron chi connectivity index (χ4n) is 1.52. The zero-order chi connectivity index (χ0) is 11.4. The molecule has 0 aromatic carbocycles. The van der Waals surface area contributed by atoms with Crippen LogP contribution in [0.3, 0.4) is 0 Å². The summed E-state index contributed by atoms with van der Waals surface area (Å²) in [7, 11) is 2.12. The van der Waals surface area contributed by atoms with Crippen molar-refractivity contribution in [2.45, 2.75) is 39.9 Å². The SMILES string of the molecule is CC(C)C(C)N(C)Cc1ccc(CN)o1. The molecule has 1 aromatic rings. The number of nitrogens with two attached hydrogens (primary N) is 1. The highest BCUT2D eigenvalue weighted by molar-refractivity contribution is 5.06. The molecular weight excluding hydrogens is 188 g/mol. The Balaban J connectivity index is 2.54. The first-order valence-electron chi connectivity index (χ1n) is 5.52. The zero-order valence-electron chi connectivity index (χ0n) is 10.2. The van der Waals surface area contributed by atoms with E-state index in [9.17, 15) is 0 Å². The Hall–Kier alpha value is -0.800. The number of hydrogen-bond donors (Lipinski definition) is 1. The largest absolute Gasteiger partial charge is 0.463 e. The van der Waals surface area contributed by atoms with E-state index in [2.05, 4.69) is 32.7 Å². The molecule has 2 N–H and O–H groups in total. The third-order valence-corrected chi connectivity index (χ3v) is 2.98. The van der Waals surface area contributed by atoms with E-state index in [4.69, 9.17) is 10.2 Å². The fraction of sp³-hybridized carbons (Fsp3) is 0.667.